The van der Waals surface area contributed by atoms with Gasteiger partial charge < -0.3 is 10.1 Å². The number of amides is 1. The van der Waals surface area contributed by atoms with E-state index in [0.29, 0.717) is 0 Å². The minimum atomic E-state index is 0.204. The molecule has 0 bridgehead atoms. The second-order valence-corrected chi connectivity index (χ2v) is 1.45. The van der Waals surface area contributed by atoms with Gasteiger partial charge in [-0.25, -0.2) is 0 Å². The van der Waals surface area contributed by atoms with Gasteiger partial charge in [0.1, 0.15) is 6.79 Å². The summed E-state index contributed by atoms with van der Waals surface area (Å²) >= 11 is 0. The summed E-state index contributed by atoms with van der Waals surface area (Å²) in [5, 5.41) is 2.68. The van der Waals surface area contributed by atoms with Crippen molar-refractivity contribution in [3.05, 3.63) is 0 Å². The lowest BCUT2D eigenvalue weighted by molar-refractivity contribution is -0.119. The molecule has 1 N–H and O–H groups in total. The van der Waals surface area contributed by atoms with E-state index in [4.69, 9.17) is 4.79 Å². The highest BCUT2D eigenvalue weighted by Gasteiger charge is 2.05. The Morgan fingerprint density at radius 1 is 1.50 bits per heavy atom. The van der Waals surface area contributed by atoms with E-state index in [1.165, 1.54) is 0 Å². The molecule has 3 heteroatoms. The van der Waals surface area contributed by atoms with Crippen LogP contribution in [0.2, 0.25) is 0 Å². The maximum atomic E-state index is 10.1. The first kappa shape index (κ1) is 7.14. The second kappa shape index (κ2) is 4.30. The smallest absolute Gasteiger partial charge is 0.220 e. The molecule has 0 spiro atoms. The summed E-state index contributed by atoms with van der Waals surface area (Å²) in [5.41, 5.74) is 0. The maximum Gasteiger partial charge on any atom is 0.220 e. The van der Waals surface area contributed by atoms with Crippen LogP contribution in [0.25, 0.3) is 0 Å². The van der Waals surface area contributed by atoms with Crippen molar-refractivity contribution in [1.82, 2.24) is 5.32 Å². The van der Waals surface area contributed by atoms with Crippen molar-refractivity contribution in [1.29, 1.82) is 0 Å². The lowest BCUT2D eigenvalue weighted by atomic mass is 10.4. The van der Waals surface area contributed by atoms with Crippen LogP contribution in [0.4, 0.5) is 0 Å². The first-order valence-electron chi connectivity index (χ1n) is 2.45. The molecule has 0 atom stereocenters. The van der Waals surface area contributed by atoms with Gasteiger partial charge in [-0.05, 0) is 6.42 Å². The topological polar surface area (TPSA) is 46.2 Å². The van der Waals surface area contributed by atoms with Crippen molar-refractivity contribution in [2.75, 3.05) is 6.54 Å². The average molecular weight is 115 g/mol. The first-order chi connectivity index (χ1) is 3.89. The summed E-state index contributed by atoms with van der Waals surface area (Å²) in [6.45, 7) is 2.89. The van der Waals surface area contributed by atoms with Crippen LogP contribution < -0.4 is 5.32 Å². The Bertz CT molecular complexity index is 74.5. The highest BCUT2D eigenvalue weighted by molar-refractivity contribution is 5.77. The van der Waals surface area contributed by atoms with Gasteiger partial charge in [0.15, 0.2) is 0 Å². The van der Waals surface area contributed by atoms with Crippen molar-refractivity contribution in [3.63, 3.8) is 0 Å². The van der Waals surface area contributed by atoms with E-state index < -0.39 is 0 Å². The Morgan fingerprint density at radius 3 is 2.25 bits per heavy atom. The molecule has 0 aromatic heterocycles. The zero-order valence-corrected chi connectivity index (χ0v) is 4.64. The normalized spacial score (nSPS) is 16.2. The number of carbonyl (C=O) groups excluding carboxylic acids is 2. The predicted molar refractivity (Wildman–Crippen MR) is 29.4 cm³/mol. The van der Waals surface area contributed by atoms with E-state index in [1.54, 1.807) is 0 Å². The van der Waals surface area contributed by atoms with Crippen LogP contribution in [-0.4, -0.2) is 19.2 Å². The van der Waals surface area contributed by atoms with Crippen LogP contribution in [-0.2, 0) is 9.59 Å². The van der Waals surface area contributed by atoms with Gasteiger partial charge in [0.25, 0.3) is 0 Å². The molecule has 0 saturated carbocycles. The molecule has 0 aliphatic carbocycles. The Morgan fingerprint density at radius 2 is 2.12 bits per heavy atom. The van der Waals surface area contributed by atoms with Crippen LogP contribution in [0.3, 0.4) is 0 Å². The molecular weight excluding hydrogens is 106 g/mol. The molecule has 8 heavy (non-hydrogen) atoms. The van der Waals surface area contributed by atoms with E-state index in [-0.39, 0.29) is 5.91 Å². The zero-order valence-electron chi connectivity index (χ0n) is 4.64. The molecule has 1 rings (SSSR count). The van der Waals surface area contributed by atoms with Crippen molar-refractivity contribution in [2.24, 2.45) is 0 Å². The van der Waals surface area contributed by atoms with Crippen LogP contribution in [0.5, 0.6) is 0 Å². The summed E-state index contributed by atoms with van der Waals surface area (Å²) in [6.07, 6.45) is 1.76. The highest BCUT2D eigenvalue weighted by atomic mass is 16.1. The van der Waals surface area contributed by atoms with Crippen LogP contribution in [0, 0.1) is 0 Å². The number of carbonyl (C=O) groups is 2. The number of hydrogen-bond donors (Lipinski definition) is 1. The molecule has 0 aromatic carbocycles. The van der Waals surface area contributed by atoms with Crippen molar-refractivity contribution < 1.29 is 9.59 Å². The zero-order chi connectivity index (χ0) is 6.41. The fraction of sp³-hybridized carbons (Fsp3) is 0.600. The predicted octanol–water partition coefficient (Wildman–Crippen LogP) is -0.288. The Kier molecular flexibility index (Phi) is 3.84. The summed E-state index contributed by atoms with van der Waals surface area (Å²) in [4.78, 5) is 18.1. The summed E-state index contributed by atoms with van der Waals surface area (Å²) < 4.78 is 0. The number of rotatable bonds is 0. The van der Waals surface area contributed by atoms with Gasteiger partial charge in [-0.2, -0.15) is 0 Å². The van der Waals surface area contributed by atoms with Gasteiger partial charge in [0.05, 0.1) is 0 Å². The molecule has 1 fully saturated rings. The number of hydrogen-bond acceptors (Lipinski definition) is 2. The summed E-state index contributed by atoms with van der Waals surface area (Å²) in [5.74, 6) is 0.204. The lowest BCUT2D eigenvalue weighted by Crippen LogP contribution is -2.12. The van der Waals surface area contributed by atoms with Gasteiger partial charge in [-0.1, -0.05) is 0 Å². The van der Waals surface area contributed by atoms with Crippen molar-refractivity contribution in [3.8, 4) is 0 Å². The molecule has 1 amide bonds. The SMILES string of the molecule is C=O.O=C1CCCN1. The highest BCUT2D eigenvalue weighted by Crippen LogP contribution is 1.93. The molecule has 1 saturated heterocycles. The standard InChI is InChI=1S/C4H7NO.CH2O/c6-4-2-1-3-5-4;1-2/h1-3H2,(H,5,6);1H2. The average Bonchev–Trinajstić information content (AvgIpc) is 2.24. The van der Waals surface area contributed by atoms with Crippen LogP contribution in [0.1, 0.15) is 12.8 Å². The van der Waals surface area contributed by atoms with Gasteiger partial charge in [-0.15, -0.1) is 0 Å². The van der Waals surface area contributed by atoms with E-state index in [0.717, 1.165) is 19.4 Å². The minimum Gasteiger partial charge on any atom is -0.356 e. The monoisotopic (exact) mass is 115 g/mol. The maximum absolute atomic E-state index is 10.1. The fourth-order valence-electron chi connectivity index (χ4n) is 0.565. The van der Waals surface area contributed by atoms with Gasteiger partial charge in [-0.3, -0.25) is 4.79 Å². The second-order valence-electron chi connectivity index (χ2n) is 1.45. The quantitative estimate of drug-likeness (QED) is 0.471. The molecule has 0 aromatic rings. The number of nitrogens with one attached hydrogen (secondary N) is 1. The summed E-state index contributed by atoms with van der Waals surface area (Å²) in [6, 6.07) is 0. The van der Waals surface area contributed by atoms with Gasteiger partial charge in [0.2, 0.25) is 5.91 Å². The molecule has 1 aliphatic heterocycles. The van der Waals surface area contributed by atoms with E-state index in [1.807, 2.05) is 6.79 Å². The molecule has 1 aliphatic rings. The lowest BCUT2D eigenvalue weighted by Gasteiger charge is -1.80. The Labute approximate surface area is 48.1 Å². The van der Waals surface area contributed by atoms with Crippen molar-refractivity contribution in [2.45, 2.75) is 12.8 Å². The third-order valence-electron chi connectivity index (χ3n) is 0.903. The minimum absolute atomic E-state index is 0.204. The molecule has 0 unspecified atom stereocenters. The Hall–Kier alpha value is -0.860. The Balaban J connectivity index is 0.000000222. The van der Waals surface area contributed by atoms with Gasteiger partial charge >= 0.3 is 0 Å². The van der Waals surface area contributed by atoms with Crippen molar-refractivity contribution >= 4 is 12.7 Å². The molecule has 0 radical (unpaired) electrons. The molecule has 46 valence electrons. The molecular formula is C5H9NO2. The van der Waals surface area contributed by atoms with E-state index in [9.17, 15) is 4.79 Å². The van der Waals surface area contributed by atoms with Gasteiger partial charge in [0, 0.05) is 13.0 Å². The molecule has 1 heterocycles. The largest absolute Gasteiger partial charge is 0.356 e. The summed E-state index contributed by atoms with van der Waals surface area (Å²) in [7, 11) is 0. The van der Waals surface area contributed by atoms with Crippen LogP contribution >= 0.6 is 0 Å². The third kappa shape index (κ3) is 2.34. The van der Waals surface area contributed by atoms with E-state index >= 15 is 0 Å². The van der Waals surface area contributed by atoms with E-state index in [2.05, 4.69) is 5.32 Å². The van der Waals surface area contributed by atoms with Crippen LogP contribution in [0.15, 0.2) is 0 Å². The molecule has 3 nitrogen and oxygen atoms in total. The first-order valence-corrected chi connectivity index (χ1v) is 2.45. The fourth-order valence-corrected chi connectivity index (χ4v) is 0.565. The third-order valence-corrected chi connectivity index (χ3v) is 0.903.